The number of hydrogen-bond donors (Lipinski definition) is 1. The number of carbonyl (C=O) groups is 1. The number of aromatic amines is 1. The molecule has 1 atom stereocenters. The topological polar surface area (TPSA) is 54.6 Å². The van der Waals surface area contributed by atoms with Gasteiger partial charge in [0.25, 0.3) is 0 Å². The van der Waals surface area contributed by atoms with Crippen LogP contribution in [0, 0.1) is 5.41 Å². The van der Waals surface area contributed by atoms with Gasteiger partial charge >= 0.3 is 5.97 Å². The number of hydrogen-bond acceptors (Lipinski definition) is 4. The monoisotopic (exact) mass is 332 g/mol. The summed E-state index contributed by atoms with van der Waals surface area (Å²) in [4.78, 5) is 17.4. The summed E-state index contributed by atoms with van der Waals surface area (Å²) in [5.74, 6) is 0.459. The molecule has 2 aromatic rings. The predicted molar refractivity (Wildman–Crippen MR) is 96.2 cm³/mol. The van der Waals surface area contributed by atoms with E-state index in [0.717, 1.165) is 29.6 Å². The smallest absolute Gasteiger partial charge is 0.314 e. The van der Waals surface area contributed by atoms with Crippen molar-refractivity contribution < 1.29 is 14.3 Å². The van der Waals surface area contributed by atoms with E-state index in [1.54, 1.807) is 6.92 Å². The van der Waals surface area contributed by atoms with E-state index >= 15 is 0 Å². The zero-order valence-corrected chi connectivity index (χ0v) is 15.5. The van der Waals surface area contributed by atoms with Crippen molar-refractivity contribution in [1.82, 2.24) is 9.88 Å². The number of rotatable bonds is 6. The third-order valence-corrected chi connectivity index (χ3v) is 3.76. The second-order valence-electron chi connectivity index (χ2n) is 7.39. The molecule has 0 amide bonds. The first-order valence-corrected chi connectivity index (χ1v) is 8.30. The molecule has 0 bridgehead atoms. The molecule has 1 aromatic heterocycles. The van der Waals surface area contributed by atoms with Crippen LogP contribution in [-0.4, -0.2) is 42.8 Å². The van der Waals surface area contributed by atoms with E-state index in [-0.39, 0.29) is 5.97 Å². The number of fused-ring (bicyclic) bond motifs is 1. The van der Waals surface area contributed by atoms with Gasteiger partial charge in [0.2, 0.25) is 6.29 Å². The van der Waals surface area contributed by atoms with E-state index in [1.165, 1.54) is 5.56 Å². The molecule has 0 fully saturated rings. The Morgan fingerprint density at radius 3 is 2.62 bits per heavy atom. The van der Waals surface area contributed by atoms with Crippen molar-refractivity contribution in [2.24, 2.45) is 5.41 Å². The zero-order chi connectivity index (χ0) is 17.9. The van der Waals surface area contributed by atoms with Crippen LogP contribution in [0.3, 0.4) is 0 Å². The lowest BCUT2D eigenvalue weighted by molar-refractivity contribution is -0.170. The van der Waals surface area contributed by atoms with Crippen LogP contribution in [0.2, 0.25) is 0 Å². The highest BCUT2D eigenvalue weighted by molar-refractivity contribution is 5.89. The quantitative estimate of drug-likeness (QED) is 0.649. The number of carbonyl (C=O) groups excluding carboxylic acids is 1. The number of esters is 1. The maximum absolute atomic E-state index is 12.0. The Morgan fingerprint density at radius 1 is 1.29 bits per heavy atom. The number of nitrogens with zero attached hydrogens (tertiary/aromatic N) is 1. The lowest BCUT2D eigenvalue weighted by Crippen LogP contribution is -2.29. The molecule has 1 N–H and O–H groups in total. The lowest BCUT2D eigenvalue weighted by Gasteiger charge is -2.22. The number of H-pyrrole nitrogens is 1. The van der Waals surface area contributed by atoms with Gasteiger partial charge in [0, 0.05) is 30.6 Å². The molecule has 2 rings (SSSR count). The first kappa shape index (κ1) is 18.3. The van der Waals surface area contributed by atoms with Crippen molar-refractivity contribution in [2.45, 2.75) is 40.4 Å². The molecule has 0 aliphatic carbocycles. The Labute approximate surface area is 143 Å². The molecule has 1 aromatic carbocycles. The van der Waals surface area contributed by atoms with E-state index in [1.807, 2.05) is 45.2 Å². The fourth-order valence-electron chi connectivity index (χ4n) is 2.39. The minimum absolute atomic E-state index is 0.274. The SMILES string of the molecule is CC(OC(=O)C(C)(C)C)Oc1cccc2[nH]cc(CCN(C)C)c12. The van der Waals surface area contributed by atoms with Crippen molar-refractivity contribution >= 4 is 16.9 Å². The molecule has 5 nitrogen and oxygen atoms in total. The van der Waals surface area contributed by atoms with E-state index in [2.05, 4.69) is 24.0 Å². The van der Waals surface area contributed by atoms with Crippen LogP contribution in [0.1, 0.15) is 33.3 Å². The summed E-state index contributed by atoms with van der Waals surface area (Å²) >= 11 is 0. The number of ether oxygens (including phenoxy) is 2. The molecule has 0 saturated carbocycles. The summed E-state index contributed by atoms with van der Waals surface area (Å²) in [5, 5.41) is 1.05. The highest BCUT2D eigenvalue weighted by Gasteiger charge is 2.25. The minimum atomic E-state index is -0.640. The van der Waals surface area contributed by atoms with Crippen LogP contribution in [0.4, 0.5) is 0 Å². The fourth-order valence-corrected chi connectivity index (χ4v) is 2.39. The summed E-state index contributed by atoms with van der Waals surface area (Å²) in [7, 11) is 4.11. The second-order valence-corrected chi connectivity index (χ2v) is 7.39. The van der Waals surface area contributed by atoms with Gasteiger partial charge in [0.05, 0.1) is 5.41 Å². The highest BCUT2D eigenvalue weighted by atomic mass is 16.7. The van der Waals surface area contributed by atoms with Gasteiger partial charge < -0.3 is 19.4 Å². The molecule has 1 unspecified atom stereocenters. The Bertz CT molecular complexity index is 698. The lowest BCUT2D eigenvalue weighted by atomic mass is 9.97. The highest BCUT2D eigenvalue weighted by Crippen LogP contribution is 2.30. The van der Waals surface area contributed by atoms with E-state index in [0.29, 0.717) is 0 Å². The normalized spacial score (nSPS) is 13.3. The Morgan fingerprint density at radius 2 is 2.00 bits per heavy atom. The van der Waals surface area contributed by atoms with Crippen LogP contribution in [0.5, 0.6) is 5.75 Å². The predicted octanol–water partition coefficient (Wildman–Crippen LogP) is 3.59. The van der Waals surface area contributed by atoms with Gasteiger partial charge in [-0.1, -0.05) is 6.07 Å². The molecule has 24 heavy (non-hydrogen) atoms. The molecule has 5 heteroatoms. The number of benzene rings is 1. The van der Waals surface area contributed by atoms with Crippen LogP contribution >= 0.6 is 0 Å². The van der Waals surface area contributed by atoms with Crippen molar-refractivity contribution in [3.05, 3.63) is 30.0 Å². The standard InChI is InChI=1S/C19H28N2O3/c1-13(24-18(22)19(2,3)4)23-16-9-7-8-15-17(16)14(12-20-15)10-11-21(5)6/h7-9,12-13,20H,10-11H2,1-6H3. The van der Waals surface area contributed by atoms with Crippen molar-refractivity contribution in [3.63, 3.8) is 0 Å². The number of aromatic nitrogens is 1. The van der Waals surface area contributed by atoms with Crippen molar-refractivity contribution in [1.29, 1.82) is 0 Å². The maximum atomic E-state index is 12.0. The zero-order valence-electron chi connectivity index (χ0n) is 15.5. The Balaban J connectivity index is 2.19. The Hall–Kier alpha value is -2.01. The average Bonchev–Trinajstić information content (AvgIpc) is 2.88. The van der Waals surface area contributed by atoms with E-state index in [9.17, 15) is 4.79 Å². The van der Waals surface area contributed by atoms with Gasteiger partial charge in [-0.25, -0.2) is 0 Å². The molecular weight excluding hydrogens is 304 g/mol. The van der Waals surface area contributed by atoms with E-state index in [4.69, 9.17) is 9.47 Å². The van der Waals surface area contributed by atoms with Gasteiger partial charge in [0.1, 0.15) is 5.75 Å². The van der Waals surface area contributed by atoms with Crippen LogP contribution in [-0.2, 0) is 16.0 Å². The van der Waals surface area contributed by atoms with Crippen LogP contribution in [0.25, 0.3) is 10.9 Å². The third-order valence-electron chi connectivity index (χ3n) is 3.76. The average molecular weight is 332 g/mol. The first-order chi connectivity index (χ1) is 11.2. The third kappa shape index (κ3) is 4.51. The van der Waals surface area contributed by atoms with Gasteiger partial charge in [-0.2, -0.15) is 0 Å². The van der Waals surface area contributed by atoms with Gasteiger partial charge in [-0.05, 0) is 59.0 Å². The fraction of sp³-hybridized carbons (Fsp3) is 0.526. The first-order valence-electron chi connectivity index (χ1n) is 8.30. The molecule has 0 spiro atoms. The van der Waals surface area contributed by atoms with Gasteiger partial charge in [0.15, 0.2) is 0 Å². The number of nitrogens with one attached hydrogen (secondary N) is 1. The summed E-state index contributed by atoms with van der Waals surface area (Å²) in [6, 6.07) is 5.87. The molecule has 0 radical (unpaired) electrons. The van der Waals surface area contributed by atoms with E-state index < -0.39 is 11.7 Å². The number of likely N-dealkylation sites (N-methyl/N-ethyl adjacent to an activating group) is 1. The summed E-state index contributed by atoms with van der Waals surface area (Å²) in [6.45, 7) is 8.18. The summed E-state index contributed by atoms with van der Waals surface area (Å²) in [5.41, 5.74) is 1.67. The van der Waals surface area contributed by atoms with Crippen LogP contribution in [0.15, 0.2) is 24.4 Å². The molecule has 0 saturated heterocycles. The Kier molecular flexibility index (Phi) is 5.54. The van der Waals surface area contributed by atoms with Crippen molar-refractivity contribution in [3.8, 4) is 5.75 Å². The maximum Gasteiger partial charge on any atom is 0.314 e. The van der Waals surface area contributed by atoms with Gasteiger partial charge in [-0.3, -0.25) is 4.79 Å². The van der Waals surface area contributed by atoms with Crippen LogP contribution < -0.4 is 4.74 Å². The minimum Gasteiger partial charge on any atom is -0.454 e. The molecule has 0 aliphatic heterocycles. The summed E-state index contributed by atoms with van der Waals surface area (Å²) in [6.07, 6.45) is 2.30. The largest absolute Gasteiger partial charge is 0.454 e. The second kappa shape index (κ2) is 7.26. The molecule has 132 valence electrons. The van der Waals surface area contributed by atoms with Gasteiger partial charge in [-0.15, -0.1) is 0 Å². The molecular formula is C19H28N2O3. The molecule has 1 heterocycles. The summed E-state index contributed by atoms with van der Waals surface area (Å²) < 4.78 is 11.3. The molecule has 0 aliphatic rings. The van der Waals surface area contributed by atoms with Crippen molar-refractivity contribution in [2.75, 3.05) is 20.6 Å².